The molecule has 3 aromatic rings. The molecule has 2 aromatic carbocycles. The zero-order valence-electron chi connectivity index (χ0n) is 14.4. The summed E-state index contributed by atoms with van der Waals surface area (Å²) in [5, 5.41) is 3.80. The standard InChI is InChI=1S/C19H14ClFN4O3/c20-15-7-4-8-16(21)14(15)11-22-23-17(26)12-24-18(27)9-10-19(28)25(24)13-5-2-1-3-6-13/h1-11H,12H2,(H,23,26)/b22-11+. The van der Waals surface area contributed by atoms with Crippen LogP contribution in [0.2, 0.25) is 5.02 Å². The molecule has 1 N–H and O–H groups in total. The van der Waals surface area contributed by atoms with Crippen molar-refractivity contribution in [2.75, 3.05) is 0 Å². The second-order valence-corrected chi connectivity index (χ2v) is 6.05. The average Bonchev–Trinajstić information content (AvgIpc) is 2.68. The number of nitrogens with zero attached hydrogens (tertiary/aromatic N) is 3. The highest BCUT2D eigenvalue weighted by atomic mass is 35.5. The molecule has 3 rings (SSSR count). The number of benzene rings is 2. The van der Waals surface area contributed by atoms with Crippen LogP contribution in [0.3, 0.4) is 0 Å². The number of hydrogen-bond donors (Lipinski definition) is 1. The fourth-order valence-corrected chi connectivity index (χ4v) is 2.69. The molecule has 0 atom stereocenters. The molecule has 0 aliphatic rings. The molecular weight excluding hydrogens is 387 g/mol. The highest BCUT2D eigenvalue weighted by Gasteiger charge is 2.11. The molecule has 0 unspecified atom stereocenters. The van der Waals surface area contributed by atoms with E-state index < -0.39 is 29.4 Å². The van der Waals surface area contributed by atoms with Crippen LogP contribution in [0.5, 0.6) is 0 Å². The fraction of sp³-hybridized carbons (Fsp3) is 0.0526. The summed E-state index contributed by atoms with van der Waals surface area (Å²) in [5.41, 5.74) is 1.62. The summed E-state index contributed by atoms with van der Waals surface area (Å²) in [6.07, 6.45) is 1.06. The molecule has 7 nitrogen and oxygen atoms in total. The van der Waals surface area contributed by atoms with Crippen LogP contribution in [0.4, 0.5) is 4.39 Å². The van der Waals surface area contributed by atoms with Gasteiger partial charge in [-0.3, -0.25) is 14.4 Å². The predicted octanol–water partition coefficient (Wildman–Crippen LogP) is 1.94. The van der Waals surface area contributed by atoms with Crippen molar-refractivity contribution < 1.29 is 9.18 Å². The second kappa shape index (κ2) is 8.45. The molecule has 0 radical (unpaired) electrons. The van der Waals surface area contributed by atoms with Crippen molar-refractivity contribution in [2.24, 2.45) is 5.10 Å². The lowest BCUT2D eigenvalue weighted by atomic mass is 10.2. The van der Waals surface area contributed by atoms with Crippen LogP contribution in [0.15, 0.2) is 75.4 Å². The predicted molar refractivity (Wildman–Crippen MR) is 103 cm³/mol. The first-order valence-electron chi connectivity index (χ1n) is 8.12. The zero-order chi connectivity index (χ0) is 20.1. The Bertz CT molecular complexity index is 1140. The van der Waals surface area contributed by atoms with Gasteiger partial charge in [0.1, 0.15) is 12.4 Å². The van der Waals surface area contributed by atoms with Gasteiger partial charge < -0.3 is 0 Å². The first kappa shape index (κ1) is 19.2. The van der Waals surface area contributed by atoms with Gasteiger partial charge in [0.15, 0.2) is 0 Å². The minimum absolute atomic E-state index is 0.0162. The maximum absolute atomic E-state index is 13.7. The van der Waals surface area contributed by atoms with Gasteiger partial charge in [0.25, 0.3) is 17.0 Å². The van der Waals surface area contributed by atoms with Gasteiger partial charge in [0.2, 0.25) is 0 Å². The van der Waals surface area contributed by atoms with Gasteiger partial charge in [-0.15, -0.1) is 0 Å². The number of para-hydroxylation sites is 1. The van der Waals surface area contributed by atoms with Gasteiger partial charge in [-0.2, -0.15) is 5.10 Å². The van der Waals surface area contributed by atoms with E-state index in [1.165, 1.54) is 18.2 Å². The van der Waals surface area contributed by atoms with Crippen molar-refractivity contribution in [3.05, 3.63) is 97.8 Å². The summed E-state index contributed by atoms with van der Waals surface area (Å²) in [4.78, 5) is 36.6. The van der Waals surface area contributed by atoms with Crippen molar-refractivity contribution in [3.8, 4) is 5.69 Å². The summed E-state index contributed by atoms with van der Waals surface area (Å²) < 4.78 is 15.8. The number of nitrogens with one attached hydrogen (secondary N) is 1. The van der Waals surface area contributed by atoms with E-state index in [1.807, 2.05) is 0 Å². The topological polar surface area (TPSA) is 85.5 Å². The Morgan fingerprint density at radius 3 is 2.46 bits per heavy atom. The maximum atomic E-state index is 13.7. The van der Waals surface area contributed by atoms with E-state index >= 15 is 0 Å². The SMILES string of the molecule is O=C(Cn1c(=O)ccc(=O)n1-c1ccccc1)N/N=C/c1c(F)cccc1Cl. The third-order valence-electron chi connectivity index (χ3n) is 3.75. The van der Waals surface area contributed by atoms with E-state index in [0.717, 1.165) is 27.7 Å². The van der Waals surface area contributed by atoms with Crippen LogP contribution < -0.4 is 16.5 Å². The Labute approximate surface area is 163 Å². The first-order chi connectivity index (χ1) is 13.5. The van der Waals surface area contributed by atoms with E-state index in [4.69, 9.17) is 11.6 Å². The molecule has 142 valence electrons. The number of rotatable bonds is 5. The number of hydrazone groups is 1. The van der Waals surface area contributed by atoms with Crippen molar-refractivity contribution in [3.63, 3.8) is 0 Å². The number of carbonyl (C=O) groups is 1. The third kappa shape index (κ3) is 4.24. The number of halogens is 2. The van der Waals surface area contributed by atoms with Crippen molar-refractivity contribution >= 4 is 23.7 Å². The molecular formula is C19H14ClFN4O3. The molecule has 1 amide bonds. The molecule has 1 aromatic heterocycles. The summed E-state index contributed by atoms with van der Waals surface area (Å²) in [5.74, 6) is -1.27. The van der Waals surface area contributed by atoms with Crippen LogP contribution in [0, 0.1) is 5.82 Å². The van der Waals surface area contributed by atoms with Gasteiger partial charge in [-0.1, -0.05) is 35.9 Å². The van der Waals surface area contributed by atoms with E-state index in [1.54, 1.807) is 30.3 Å². The highest BCUT2D eigenvalue weighted by molar-refractivity contribution is 6.33. The number of carbonyl (C=O) groups excluding carboxylic acids is 1. The molecule has 0 aliphatic heterocycles. The summed E-state index contributed by atoms with van der Waals surface area (Å²) >= 11 is 5.87. The van der Waals surface area contributed by atoms with Crippen LogP contribution in [-0.4, -0.2) is 21.5 Å². The molecule has 0 bridgehead atoms. The lowest BCUT2D eigenvalue weighted by Crippen LogP contribution is -2.40. The Morgan fingerprint density at radius 2 is 1.75 bits per heavy atom. The van der Waals surface area contributed by atoms with Crippen molar-refractivity contribution in [1.82, 2.24) is 14.8 Å². The molecule has 0 aliphatic carbocycles. The van der Waals surface area contributed by atoms with Gasteiger partial charge in [-0.25, -0.2) is 19.2 Å². The van der Waals surface area contributed by atoms with Gasteiger partial charge in [-0.05, 0) is 24.3 Å². The monoisotopic (exact) mass is 400 g/mol. The second-order valence-electron chi connectivity index (χ2n) is 5.64. The van der Waals surface area contributed by atoms with Crippen LogP contribution in [0.1, 0.15) is 5.56 Å². The largest absolute Gasteiger partial charge is 0.271 e. The van der Waals surface area contributed by atoms with E-state index in [-0.39, 0.29) is 10.6 Å². The van der Waals surface area contributed by atoms with Crippen LogP contribution in [-0.2, 0) is 11.3 Å². The van der Waals surface area contributed by atoms with Crippen molar-refractivity contribution in [1.29, 1.82) is 0 Å². The Kier molecular flexibility index (Phi) is 5.81. The molecule has 28 heavy (non-hydrogen) atoms. The average molecular weight is 401 g/mol. The molecule has 0 spiro atoms. The van der Waals surface area contributed by atoms with Crippen LogP contribution in [0.25, 0.3) is 5.69 Å². The lowest BCUT2D eigenvalue weighted by Gasteiger charge is -2.14. The normalized spacial score (nSPS) is 10.9. The Hall–Kier alpha value is -3.52. The Morgan fingerprint density at radius 1 is 1.04 bits per heavy atom. The maximum Gasteiger partial charge on any atom is 0.270 e. The minimum Gasteiger partial charge on any atom is -0.271 e. The Balaban J connectivity index is 1.83. The van der Waals surface area contributed by atoms with Gasteiger partial charge >= 0.3 is 0 Å². The number of amides is 1. The molecule has 9 heteroatoms. The quantitative estimate of drug-likeness (QED) is 0.524. The summed E-state index contributed by atoms with van der Waals surface area (Å²) in [6, 6.07) is 14.8. The smallest absolute Gasteiger partial charge is 0.270 e. The van der Waals surface area contributed by atoms with E-state index in [9.17, 15) is 18.8 Å². The molecule has 0 saturated heterocycles. The number of hydrogen-bond acceptors (Lipinski definition) is 4. The highest BCUT2D eigenvalue weighted by Crippen LogP contribution is 2.16. The van der Waals surface area contributed by atoms with E-state index in [2.05, 4.69) is 10.5 Å². The number of aromatic nitrogens is 2. The van der Waals surface area contributed by atoms with Gasteiger partial charge in [0, 0.05) is 17.7 Å². The van der Waals surface area contributed by atoms with Crippen LogP contribution >= 0.6 is 11.6 Å². The van der Waals surface area contributed by atoms with Gasteiger partial charge in [0.05, 0.1) is 16.9 Å². The summed E-state index contributed by atoms with van der Waals surface area (Å²) in [6.45, 7) is -0.466. The molecule has 1 heterocycles. The zero-order valence-corrected chi connectivity index (χ0v) is 15.1. The molecule has 0 saturated carbocycles. The summed E-state index contributed by atoms with van der Waals surface area (Å²) in [7, 11) is 0. The molecule has 0 fully saturated rings. The fourth-order valence-electron chi connectivity index (χ4n) is 2.48. The third-order valence-corrected chi connectivity index (χ3v) is 4.08. The minimum atomic E-state index is -0.680. The van der Waals surface area contributed by atoms with E-state index in [0.29, 0.717) is 5.69 Å². The lowest BCUT2D eigenvalue weighted by molar-refractivity contribution is -0.122. The van der Waals surface area contributed by atoms with Crippen molar-refractivity contribution in [2.45, 2.75) is 6.54 Å². The first-order valence-corrected chi connectivity index (χ1v) is 8.49.